The van der Waals surface area contributed by atoms with Gasteiger partial charge in [0.25, 0.3) is 0 Å². The number of nitriles is 1. The molecule has 6 heteroatoms. The fourth-order valence-corrected chi connectivity index (χ4v) is 2.76. The van der Waals surface area contributed by atoms with Crippen molar-refractivity contribution in [2.24, 2.45) is 0 Å². The molecule has 1 N–H and O–H groups in total. The van der Waals surface area contributed by atoms with E-state index in [0.717, 1.165) is 16.8 Å². The molecule has 0 saturated carbocycles. The van der Waals surface area contributed by atoms with Gasteiger partial charge in [-0.3, -0.25) is 0 Å². The summed E-state index contributed by atoms with van der Waals surface area (Å²) in [5, 5.41) is 17.8. The Hall–Kier alpha value is -3.36. The molecule has 4 aromatic rings. The second-order valence-electron chi connectivity index (χ2n) is 5.42. The Morgan fingerprint density at radius 2 is 1.76 bits per heavy atom. The van der Waals surface area contributed by atoms with Gasteiger partial charge in [-0.1, -0.05) is 41.9 Å². The molecule has 0 radical (unpaired) electrons. The number of halogens is 1. The van der Waals surface area contributed by atoms with Crippen molar-refractivity contribution < 1.29 is 0 Å². The van der Waals surface area contributed by atoms with Crippen LogP contribution in [0.5, 0.6) is 0 Å². The van der Waals surface area contributed by atoms with Crippen molar-refractivity contribution in [3.8, 4) is 17.2 Å². The first kappa shape index (κ1) is 15.2. The number of pyridine rings is 1. The number of benzene rings is 2. The van der Waals surface area contributed by atoms with Crippen molar-refractivity contribution in [1.29, 1.82) is 5.26 Å². The second kappa shape index (κ2) is 6.27. The van der Waals surface area contributed by atoms with Gasteiger partial charge in [-0.05, 0) is 35.9 Å². The Kier molecular flexibility index (Phi) is 3.81. The molecule has 4 rings (SSSR count). The summed E-state index contributed by atoms with van der Waals surface area (Å²) in [6.45, 7) is 0. The molecule has 0 unspecified atom stereocenters. The first-order valence-electron chi connectivity index (χ1n) is 7.62. The predicted octanol–water partition coefficient (Wildman–Crippen LogP) is 4.66. The van der Waals surface area contributed by atoms with Gasteiger partial charge in [-0.25, -0.2) is 4.52 Å². The van der Waals surface area contributed by atoms with Crippen LogP contribution in [-0.2, 0) is 0 Å². The molecule has 0 aliphatic heterocycles. The van der Waals surface area contributed by atoms with E-state index in [-0.39, 0.29) is 0 Å². The quantitative estimate of drug-likeness (QED) is 0.586. The highest BCUT2D eigenvalue weighted by atomic mass is 35.5. The Morgan fingerprint density at radius 3 is 2.48 bits per heavy atom. The summed E-state index contributed by atoms with van der Waals surface area (Å²) in [6, 6.07) is 21.1. The normalized spacial score (nSPS) is 10.6. The smallest absolute Gasteiger partial charge is 0.247 e. The van der Waals surface area contributed by atoms with Crippen LogP contribution in [0.2, 0.25) is 5.02 Å². The summed E-state index contributed by atoms with van der Waals surface area (Å²) in [6.07, 6.45) is 1.79. The van der Waals surface area contributed by atoms with Gasteiger partial charge in [0.05, 0.1) is 0 Å². The standard InChI is InChI=1S/C19H12ClN5/c20-14-8-6-13(7-9-14)16-10-11-25-18(17(16)12-21)23-19(24-25)22-15-4-2-1-3-5-15/h1-11H,(H,22,24). The van der Waals surface area contributed by atoms with Crippen molar-refractivity contribution in [3.05, 3.63) is 77.4 Å². The molecular formula is C19H12ClN5. The van der Waals surface area contributed by atoms with Gasteiger partial charge in [0.15, 0.2) is 5.65 Å². The number of fused-ring (bicyclic) bond motifs is 1. The zero-order chi connectivity index (χ0) is 17.2. The molecule has 5 nitrogen and oxygen atoms in total. The van der Waals surface area contributed by atoms with E-state index < -0.39 is 0 Å². The van der Waals surface area contributed by atoms with E-state index in [1.807, 2.05) is 48.5 Å². The summed E-state index contributed by atoms with van der Waals surface area (Å²) in [5.74, 6) is 0.441. The average Bonchev–Trinajstić information content (AvgIpc) is 3.05. The number of nitrogens with one attached hydrogen (secondary N) is 1. The number of rotatable bonds is 3. The molecular weight excluding hydrogens is 334 g/mol. The lowest BCUT2D eigenvalue weighted by molar-refractivity contribution is 0.964. The van der Waals surface area contributed by atoms with Crippen LogP contribution in [0.4, 0.5) is 11.6 Å². The van der Waals surface area contributed by atoms with Crippen LogP contribution in [0.25, 0.3) is 16.8 Å². The van der Waals surface area contributed by atoms with E-state index >= 15 is 0 Å². The highest BCUT2D eigenvalue weighted by molar-refractivity contribution is 6.30. The summed E-state index contributed by atoms with van der Waals surface area (Å²) in [4.78, 5) is 4.47. The molecule has 0 aliphatic carbocycles. The maximum atomic E-state index is 9.65. The Morgan fingerprint density at radius 1 is 1.00 bits per heavy atom. The fourth-order valence-electron chi connectivity index (χ4n) is 2.63. The molecule has 0 bridgehead atoms. The van der Waals surface area contributed by atoms with E-state index in [0.29, 0.717) is 22.2 Å². The van der Waals surface area contributed by atoms with E-state index in [9.17, 15) is 5.26 Å². The summed E-state index contributed by atoms with van der Waals surface area (Å²) >= 11 is 5.95. The molecule has 2 heterocycles. The number of hydrogen-bond acceptors (Lipinski definition) is 4. The topological polar surface area (TPSA) is 66.0 Å². The highest BCUT2D eigenvalue weighted by Crippen LogP contribution is 2.27. The zero-order valence-corrected chi connectivity index (χ0v) is 13.8. The first-order chi connectivity index (χ1) is 12.2. The van der Waals surface area contributed by atoms with E-state index in [1.165, 1.54) is 0 Å². The molecule has 0 fully saturated rings. The van der Waals surface area contributed by atoms with E-state index in [1.54, 1.807) is 22.8 Å². The van der Waals surface area contributed by atoms with Crippen molar-refractivity contribution in [2.75, 3.05) is 5.32 Å². The second-order valence-corrected chi connectivity index (χ2v) is 5.85. The fraction of sp³-hybridized carbons (Fsp3) is 0. The summed E-state index contributed by atoms with van der Waals surface area (Å²) in [5.41, 5.74) is 3.57. The lowest BCUT2D eigenvalue weighted by Crippen LogP contribution is -1.94. The molecule has 0 amide bonds. The van der Waals surface area contributed by atoms with Crippen LogP contribution >= 0.6 is 11.6 Å². The largest absolute Gasteiger partial charge is 0.323 e. The van der Waals surface area contributed by atoms with Gasteiger partial charge in [-0.2, -0.15) is 10.2 Å². The number of anilines is 2. The Bertz CT molecular complexity index is 1080. The molecule has 25 heavy (non-hydrogen) atoms. The maximum absolute atomic E-state index is 9.65. The maximum Gasteiger partial charge on any atom is 0.247 e. The van der Waals surface area contributed by atoms with Gasteiger partial charge in [0.2, 0.25) is 5.95 Å². The monoisotopic (exact) mass is 345 g/mol. The highest BCUT2D eigenvalue weighted by Gasteiger charge is 2.14. The molecule has 0 aliphatic rings. The number of hydrogen-bond donors (Lipinski definition) is 1. The third-order valence-electron chi connectivity index (χ3n) is 3.80. The van der Waals surface area contributed by atoms with Gasteiger partial charge in [0.1, 0.15) is 11.6 Å². The molecule has 120 valence electrons. The molecule has 0 atom stereocenters. The van der Waals surface area contributed by atoms with Gasteiger partial charge >= 0.3 is 0 Å². The van der Waals surface area contributed by atoms with Crippen molar-refractivity contribution in [3.63, 3.8) is 0 Å². The van der Waals surface area contributed by atoms with Gasteiger partial charge < -0.3 is 5.32 Å². The van der Waals surface area contributed by atoms with Crippen molar-refractivity contribution >= 4 is 28.9 Å². The Labute approximate surface area is 149 Å². The van der Waals surface area contributed by atoms with Crippen LogP contribution in [0.15, 0.2) is 66.9 Å². The molecule has 0 saturated heterocycles. The van der Waals surface area contributed by atoms with Gasteiger partial charge in [-0.15, -0.1) is 5.10 Å². The van der Waals surface area contributed by atoms with Crippen molar-refractivity contribution in [2.45, 2.75) is 0 Å². The minimum absolute atomic E-state index is 0.441. The summed E-state index contributed by atoms with van der Waals surface area (Å²) < 4.78 is 1.60. The van der Waals surface area contributed by atoms with Crippen molar-refractivity contribution in [1.82, 2.24) is 14.6 Å². The Balaban J connectivity index is 1.80. The lowest BCUT2D eigenvalue weighted by Gasteiger charge is -2.05. The minimum atomic E-state index is 0.441. The van der Waals surface area contributed by atoms with E-state index in [2.05, 4.69) is 21.5 Å². The van der Waals surface area contributed by atoms with Crippen LogP contribution in [0, 0.1) is 11.3 Å². The minimum Gasteiger partial charge on any atom is -0.323 e. The summed E-state index contributed by atoms with van der Waals surface area (Å²) in [7, 11) is 0. The SMILES string of the molecule is N#Cc1c(-c2ccc(Cl)cc2)ccn2nc(Nc3ccccc3)nc12. The lowest BCUT2D eigenvalue weighted by atomic mass is 10.0. The first-order valence-corrected chi connectivity index (χ1v) is 8.00. The zero-order valence-electron chi connectivity index (χ0n) is 13.0. The van der Waals surface area contributed by atoms with Crippen LogP contribution in [0.3, 0.4) is 0 Å². The van der Waals surface area contributed by atoms with E-state index in [4.69, 9.17) is 11.6 Å². The molecule has 0 spiro atoms. The van der Waals surface area contributed by atoms with Gasteiger partial charge in [0, 0.05) is 22.5 Å². The molecule has 2 aromatic carbocycles. The molecule has 2 aromatic heterocycles. The third kappa shape index (κ3) is 2.91. The average molecular weight is 346 g/mol. The third-order valence-corrected chi connectivity index (χ3v) is 4.06. The number of nitrogens with zero attached hydrogens (tertiary/aromatic N) is 4. The predicted molar refractivity (Wildman–Crippen MR) is 97.9 cm³/mol. The van der Waals surface area contributed by atoms with Crippen LogP contribution < -0.4 is 5.32 Å². The van der Waals surface area contributed by atoms with Crippen LogP contribution in [-0.4, -0.2) is 14.6 Å². The van der Waals surface area contributed by atoms with Crippen LogP contribution in [0.1, 0.15) is 5.56 Å². The number of para-hydroxylation sites is 1. The number of aromatic nitrogens is 3.